The second-order valence-corrected chi connectivity index (χ2v) is 7.43. The Morgan fingerprint density at radius 1 is 1.17 bits per heavy atom. The first kappa shape index (κ1) is 21.3. The number of hydrogen-bond donors (Lipinski definition) is 3. The van der Waals surface area contributed by atoms with Gasteiger partial charge in [0.2, 0.25) is 5.91 Å². The first-order valence-electron chi connectivity index (χ1n) is 9.05. The number of thioether (sulfide) groups is 1. The summed E-state index contributed by atoms with van der Waals surface area (Å²) < 4.78 is 5.25. The van der Waals surface area contributed by atoms with E-state index in [9.17, 15) is 24.6 Å². The molecule has 0 atom stereocenters. The molecule has 0 aliphatic carbocycles. The van der Waals surface area contributed by atoms with Gasteiger partial charge < -0.3 is 20.3 Å². The molecule has 0 radical (unpaired) electrons. The van der Waals surface area contributed by atoms with Crippen LogP contribution >= 0.6 is 11.8 Å². The lowest BCUT2D eigenvalue weighted by Gasteiger charge is -2.12. The van der Waals surface area contributed by atoms with Gasteiger partial charge in [-0.15, -0.1) is 0 Å². The number of rotatable bonds is 7. The lowest BCUT2D eigenvalue weighted by molar-refractivity contribution is -0.129. The smallest absolute Gasteiger partial charge is 0.294 e. The third-order valence-corrected chi connectivity index (χ3v) is 5.28. The summed E-state index contributed by atoms with van der Waals surface area (Å²) in [5.74, 6) is -0.891. The molecule has 9 heteroatoms. The summed E-state index contributed by atoms with van der Waals surface area (Å²) in [6.07, 6.45) is 1.98. The number of hydrogen-bond acceptors (Lipinski definition) is 7. The number of phenolic OH excluding ortho intramolecular Hbond substituents is 2. The van der Waals surface area contributed by atoms with Gasteiger partial charge in [0.05, 0.1) is 12.0 Å². The fourth-order valence-corrected chi connectivity index (χ4v) is 3.66. The zero-order valence-corrected chi connectivity index (χ0v) is 16.9. The van der Waals surface area contributed by atoms with E-state index < -0.39 is 17.1 Å². The number of nitrogens with zero attached hydrogens (tertiary/aromatic N) is 1. The van der Waals surface area contributed by atoms with Crippen molar-refractivity contribution in [3.05, 3.63) is 58.5 Å². The summed E-state index contributed by atoms with van der Waals surface area (Å²) in [6, 6.07) is 11.5. The summed E-state index contributed by atoms with van der Waals surface area (Å²) in [5.41, 5.74) is 1.38. The van der Waals surface area contributed by atoms with E-state index in [4.69, 9.17) is 4.74 Å². The highest BCUT2D eigenvalue weighted by atomic mass is 32.2. The highest BCUT2D eigenvalue weighted by Crippen LogP contribution is 2.33. The molecule has 156 valence electrons. The van der Waals surface area contributed by atoms with Gasteiger partial charge in [-0.1, -0.05) is 24.3 Å². The maximum absolute atomic E-state index is 12.6. The molecule has 8 nitrogen and oxygen atoms in total. The Morgan fingerprint density at radius 2 is 1.93 bits per heavy atom. The minimum absolute atomic E-state index is 0.219. The molecule has 3 amide bonds. The number of carbonyl (C=O) groups excluding carboxylic acids is 3. The minimum atomic E-state index is -0.533. The molecule has 0 bridgehead atoms. The molecule has 0 spiro atoms. The first-order valence-corrected chi connectivity index (χ1v) is 9.86. The number of aromatic hydroxyl groups is 2. The number of para-hydroxylation sites is 1. The third-order valence-electron chi connectivity index (χ3n) is 4.38. The SMILES string of the molecule is COc1ccccc1C=C1SC(=O)N(CC(=O)NCCc2ccc(O)c(O)c2)C1=O. The van der Waals surface area contributed by atoms with Crippen LogP contribution in [0.5, 0.6) is 17.2 Å². The number of imide groups is 1. The largest absolute Gasteiger partial charge is 0.504 e. The Morgan fingerprint density at radius 3 is 2.67 bits per heavy atom. The fraction of sp³-hybridized carbons (Fsp3) is 0.190. The van der Waals surface area contributed by atoms with Crippen LogP contribution in [0, 0.1) is 0 Å². The molecule has 0 aromatic heterocycles. The second-order valence-electron chi connectivity index (χ2n) is 6.43. The number of methoxy groups -OCH3 is 1. The zero-order valence-electron chi connectivity index (χ0n) is 16.1. The van der Waals surface area contributed by atoms with Crippen molar-refractivity contribution in [3.63, 3.8) is 0 Å². The van der Waals surface area contributed by atoms with Gasteiger partial charge in [0.15, 0.2) is 11.5 Å². The monoisotopic (exact) mass is 428 g/mol. The first-order chi connectivity index (χ1) is 14.4. The Labute approximate surface area is 177 Å². The summed E-state index contributed by atoms with van der Waals surface area (Å²) in [6.45, 7) is -0.134. The molecular formula is C21H20N2O6S. The van der Waals surface area contributed by atoms with E-state index in [0.717, 1.165) is 22.2 Å². The second kappa shape index (κ2) is 9.36. The third kappa shape index (κ3) is 4.93. The van der Waals surface area contributed by atoms with Gasteiger partial charge in [-0.25, -0.2) is 0 Å². The van der Waals surface area contributed by atoms with Gasteiger partial charge in [0.25, 0.3) is 11.1 Å². The minimum Gasteiger partial charge on any atom is -0.504 e. The van der Waals surface area contributed by atoms with Crippen LogP contribution in [0.1, 0.15) is 11.1 Å². The molecule has 0 unspecified atom stereocenters. The number of carbonyl (C=O) groups is 3. The number of nitrogens with one attached hydrogen (secondary N) is 1. The molecule has 2 aromatic rings. The molecule has 1 aliphatic rings. The molecular weight excluding hydrogens is 408 g/mol. The van der Waals surface area contributed by atoms with Crippen molar-refractivity contribution in [3.8, 4) is 17.2 Å². The van der Waals surface area contributed by atoms with E-state index in [1.54, 1.807) is 36.4 Å². The normalized spacial score (nSPS) is 15.0. The highest BCUT2D eigenvalue weighted by molar-refractivity contribution is 8.18. The van der Waals surface area contributed by atoms with Gasteiger partial charge in [0.1, 0.15) is 12.3 Å². The van der Waals surface area contributed by atoms with Crippen LogP contribution < -0.4 is 10.1 Å². The van der Waals surface area contributed by atoms with E-state index in [1.165, 1.54) is 19.2 Å². The van der Waals surface area contributed by atoms with Gasteiger partial charge in [-0.3, -0.25) is 19.3 Å². The number of amides is 3. The van der Waals surface area contributed by atoms with Crippen molar-refractivity contribution >= 4 is 34.9 Å². The topological polar surface area (TPSA) is 116 Å². The lowest BCUT2D eigenvalue weighted by atomic mass is 10.1. The van der Waals surface area contributed by atoms with E-state index >= 15 is 0 Å². The van der Waals surface area contributed by atoms with Crippen molar-refractivity contribution in [2.75, 3.05) is 20.2 Å². The van der Waals surface area contributed by atoms with Crippen LogP contribution in [-0.2, 0) is 16.0 Å². The number of phenols is 2. The number of ether oxygens (including phenoxy) is 1. The van der Waals surface area contributed by atoms with Crippen LogP contribution in [0.2, 0.25) is 0 Å². The summed E-state index contributed by atoms with van der Waals surface area (Å²) in [5, 5.41) is 20.9. The summed E-state index contributed by atoms with van der Waals surface area (Å²) >= 11 is 0.773. The molecule has 30 heavy (non-hydrogen) atoms. The molecule has 1 heterocycles. The van der Waals surface area contributed by atoms with E-state index in [2.05, 4.69) is 5.32 Å². The van der Waals surface area contributed by atoms with Gasteiger partial charge >= 0.3 is 0 Å². The van der Waals surface area contributed by atoms with Crippen molar-refractivity contribution < 1.29 is 29.3 Å². The van der Waals surface area contributed by atoms with Gasteiger partial charge in [-0.2, -0.15) is 0 Å². The molecule has 2 aromatic carbocycles. The van der Waals surface area contributed by atoms with Crippen molar-refractivity contribution in [2.45, 2.75) is 6.42 Å². The quantitative estimate of drug-likeness (QED) is 0.458. The van der Waals surface area contributed by atoms with E-state index in [1.807, 2.05) is 0 Å². The Balaban J connectivity index is 1.57. The Kier molecular flexibility index (Phi) is 6.63. The maximum atomic E-state index is 12.6. The van der Waals surface area contributed by atoms with Crippen LogP contribution in [0.3, 0.4) is 0 Å². The zero-order chi connectivity index (χ0) is 21.7. The molecule has 1 fully saturated rings. The molecule has 1 saturated heterocycles. The molecule has 1 aliphatic heterocycles. The van der Waals surface area contributed by atoms with Crippen LogP contribution in [0.15, 0.2) is 47.4 Å². The standard InChI is InChI=1S/C21H20N2O6S/c1-29-17-5-3-2-4-14(17)11-18-20(27)23(21(28)30-18)12-19(26)22-9-8-13-6-7-15(24)16(25)10-13/h2-7,10-11,24-25H,8-9,12H2,1H3,(H,22,26). The lowest BCUT2D eigenvalue weighted by Crippen LogP contribution is -2.40. The van der Waals surface area contributed by atoms with Crippen LogP contribution in [0.4, 0.5) is 4.79 Å². The van der Waals surface area contributed by atoms with Crippen LogP contribution in [0.25, 0.3) is 6.08 Å². The number of benzene rings is 2. The predicted molar refractivity (Wildman–Crippen MR) is 112 cm³/mol. The van der Waals surface area contributed by atoms with Crippen molar-refractivity contribution in [1.82, 2.24) is 10.2 Å². The Bertz CT molecular complexity index is 1020. The maximum Gasteiger partial charge on any atom is 0.294 e. The predicted octanol–water partition coefficient (Wildman–Crippen LogP) is 2.50. The van der Waals surface area contributed by atoms with Gasteiger partial charge in [-0.05, 0) is 48.0 Å². The average Bonchev–Trinajstić information content (AvgIpc) is 2.98. The summed E-state index contributed by atoms with van der Waals surface area (Å²) in [4.78, 5) is 38.1. The molecule has 3 rings (SSSR count). The van der Waals surface area contributed by atoms with Crippen LogP contribution in [-0.4, -0.2) is 52.4 Å². The van der Waals surface area contributed by atoms with Gasteiger partial charge in [0, 0.05) is 12.1 Å². The van der Waals surface area contributed by atoms with Crippen molar-refractivity contribution in [2.24, 2.45) is 0 Å². The van der Waals surface area contributed by atoms with E-state index in [0.29, 0.717) is 17.7 Å². The summed E-state index contributed by atoms with van der Waals surface area (Å²) in [7, 11) is 1.52. The fourth-order valence-electron chi connectivity index (χ4n) is 2.83. The highest BCUT2D eigenvalue weighted by Gasteiger charge is 2.36. The van der Waals surface area contributed by atoms with E-state index in [-0.39, 0.29) is 29.5 Å². The molecule has 3 N–H and O–H groups in total. The molecule has 0 saturated carbocycles. The Hall–Kier alpha value is -3.46. The van der Waals surface area contributed by atoms with Crippen molar-refractivity contribution in [1.29, 1.82) is 0 Å². The average molecular weight is 428 g/mol.